The maximum atomic E-state index is 5.23. The average Bonchev–Trinajstić information content (AvgIpc) is 3.61. The van der Waals surface area contributed by atoms with E-state index < -0.39 is 0 Å². The molecule has 0 radical (unpaired) electrons. The molecule has 0 spiro atoms. The Hall–Kier alpha value is -6.03. The molecule has 8 aromatic carbocycles. The van der Waals surface area contributed by atoms with Crippen molar-refractivity contribution in [3.8, 4) is 32.8 Å². The van der Waals surface area contributed by atoms with Gasteiger partial charge in [-0.1, -0.05) is 140 Å². The third kappa shape index (κ3) is 5.11. The fourth-order valence-corrected chi connectivity index (χ4v) is 7.68. The van der Waals surface area contributed by atoms with Gasteiger partial charge in [-0.3, -0.25) is 0 Å². The summed E-state index contributed by atoms with van der Waals surface area (Å²) in [6.07, 6.45) is 0. The summed E-state index contributed by atoms with van der Waals surface area (Å²) in [5, 5.41) is 6.03. The van der Waals surface area contributed by atoms with Crippen molar-refractivity contribution < 1.29 is 0 Å². The second-order valence-electron chi connectivity index (χ2n) is 12.0. The lowest BCUT2D eigenvalue weighted by Gasteiger charge is -2.26. The molecule has 0 aliphatic heterocycles. The average molecular weight is 631 g/mol. The summed E-state index contributed by atoms with van der Waals surface area (Å²) in [4.78, 5) is 7.57. The van der Waals surface area contributed by atoms with Crippen LogP contribution in [0.15, 0.2) is 182 Å². The standard InChI is InChI=1S/C45H30N2S/c1-2-12-35(13-3-1)45-46-44-42(18-9-19-43(44)48-45)47(38-26-22-32(23-27-38)37-21-20-31-10-4-5-14-36(31)30-37)39-28-24-34(25-29-39)41-17-8-15-33-11-6-7-16-40(33)41/h1-30H. The zero-order valence-electron chi connectivity index (χ0n) is 26.1. The van der Waals surface area contributed by atoms with Crippen LogP contribution in [0.4, 0.5) is 17.1 Å². The topological polar surface area (TPSA) is 16.1 Å². The van der Waals surface area contributed by atoms with Gasteiger partial charge in [-0.25, -0.2) is 4.98 Å². The number of benzene rings is 8. The molecule has 0 aliphatic carbocycles. The third-order valence-electron chi connectivity index (χ3n) is 9.09. The van der Waals surface area contributed by atoms with Gasteiger partial charge in [0.25, 0.3) is 0 Å². The fourth-order valence-electron chi connectivity index (χ4n) is 6.68. The van der Waals surface area contributed by atoms with Gasteiger partial charge < -0.3 is 4.90 Å². The summed E-state index contributed by atoms with van der Waals surface area (Å²) in [5.74, 6) is 0. The molecule has 0 amide bonds. The van der Waals surface area contributed by atoms with E-state index in [1.54, 1.807) is 11.3 Å². The smallest absolute Gasteiger partial charge is 0.124 e. The van der Waals surface area contributed by atoms with E-state index in [2.05, 4.69) is 181 Å². The molecule has 0 unspecified atom stereocenters. The van der Waals surface area contributed by atoms with Crippen LogP contribution in [0, 0.1) is 0 Å². The highest BCUT2D eigenvalue weighted by Gasteiger charge is 2.19. The Morgan fingerprint density at radius 1 is 0.417 bits per heavy atom. The Balaban J connectivity index is 1.16. The van der Waals surface area contributed by atoms with Crippen LogP contribution >= 0.6 is 11.3 Å². The molecule has 9 aromatic rings. The van der Waals surface area contributed by atoms with E-state index >= 15 is 0 Å². The number of hydrogen-bond acceptors (Lipinski definition) is 3. The van der Waals surface area contributed by atoms with Crippen molar-refractivity contribution >= 4 is 60.2 Å². The summed E-state index contributed by atoms with van der Waals surface area (Å²) in [6.45, 7) is 0. The highest BCUT2D eigenvalue weighted by molar-refractivity contribution is 7.21. The number of thiazole rings is 1. The zero-order chi connectivity index (χ0) is 31.9. The second-order valence-corrected chi connectivity index (χ2v) is 13.1. The van der Waals surface area contributed by atoms with Gasteiger partial charge in [-0.15, -0.1) is 11.3 Å². The molecule has 0 bridgehead atoms. The molecule has 3 heteroatoms. The van der Waals surface area contributed by atoms with Gasteiger partial charge in [-0.2, -0.15) is 0 Å². The predicted molar refractivity (Wildman–Crippen MR) is 206 cm³/mol. The normalized spacial score (nSPS) is 11.3. The van der Waals surface area contributed by atoms with Crippen molar-refractivity contribution in [3.63, 3.8) is 0 Å². The summed E-state index contributed by atoms with van der Waals surface area (Å²) in [6, 6.07) is 65.2. The maximum Gasteiger partial charge on any atom is 0.124 e. The van der Waals surface area contributed by atoms with Gasteiger partial charge in [-0.05, 0) is 86.3 Å². The van der Waals surface area contributed by atoms with Crippen LogP contribution in [0.1, 0.15) is 0 Å². The zero-order valence-corrected chi connectivity index (χ0v) is 26.9. The molecule has 0 aliphatic rings. The maximum absolute atomic E-state index is 5.23. The SMILES string of the molecule is c1ccc(-c2nc3c(N(c4ccc(-c5ccc6ccccc6c5)cc4)c4ccc(-c5cccc6ccccc56)cc4)cccc3s2)cc1. The minimum atomic E-state index is 0.998. The Bertz CT molecular complexity index is 2540. The fraction of sp³-hybridized carbons (Fsp3) is 0. The Kier molecular flexibility index (Phi) is 7.03. The summed E-state index contributed by atoms with van der Waals surface area (Å²) in [7, 11) is 0. The van der Waals surface area contributed by atoms with Crippen molar-refractivity contribution in [3.05, 3.63) is 182 Å². The summed E-state index contributed by atoms with van der Waals surface area (Å²) < 4.78 is 1.16. The van der Waals surface area contributed by atoms with E-state index in [0.29, 0.717) is 0 Å². The molecule has 2 nitrogen and oxygen atoms in total. The first-order valence-electron chi connectivity index (χ1n) is 16.2. The summed E-state index contributed by atoms with van der Waals surface area (Å²) >= 11 is 1.74. The Morgan fingerprint density at radius 3 is 1.83 bits per heavy atom. The highest BCUT2D eigenvalue weighted by Crippen LogP contribution is 2.43. The van der Waals surface area contributed by atoms with Crippen LogP contribution in [0.25, 0.3) is 64.6 Å². The van der Waals surface area contributed by atoms with E-state index in [4.69, 9.17) is 4.98 Å². The molecule has 1 aromatic heterocycles. The lowest BCUT2D eigenvalue weighted by Crippen LogP contribution is -2.10. The molecule has 0 N–H and O–H groups in total. The lowest BCUT2D eigenvalue weighted by molar-refractivity contribution is 1.29. The first kappa shape index (κ1) is 28.2. The number of rotatable bonds is 6. The Labute approximate surface area is 283 Å². The van der Waals surface area contributed by atoms with Crippen molar-refractivity contribution in [1.82, 2.24) is 4.98 Å². The number of hydrogen-bond donors (Lipinski definition) is 0. The van der Waals surface area contributed by atoms with Crippen LogP contribution in [0.3, 0.4) is 0 Å². The summed E-state index contributed by atoms with van der Waals surface area (Å²) in [5.41, 5.74) is 10.2. The van der Waals surface area contributed by atoms with Gasteiger partial charge in [0.15, 0.2) is 0 Å². The van der Waals surface area contributed by atoms with Crippen LogP contribution in [-0.2, 0) is 0 Å². The number of nitrogens with zero attached hydrogens (tertiary/aromatic N) is 2. The number of fused-ring (bicyclic) bond motifs is 3. The lowest BCUT2D eigenvalue weighted by atomic mass is 9.98. The molecule has 0 fully saturated rings. The first-order chi connectivity index (χ1) is 23.8. The molecule has 9 rings (SSSR count). The van der Waals surface area contributed by atoms with Gasteiger partial charge in [0.1, 0.15) is 10.5 Å². The number of para-hydroxylation sites is 1. The Morgan fingerprint density at radius 2 is 1.04 bits per heavy atom. The molecule has 0 saturated carbocycles. The van der Waals surface area contributed by atoms with Crippen molar-refractivity contribution in [1.29, 1.82) is 0 Å². The van der Waals surface area contributed by atoms with Crippen LogP contribution in [0.2, 0.25) is 0 Å². The van der Waals surface area contributed by atoms with Gasteiger partial charge in [0, 0.05) is 16.9 Å². The van der Waals surface area contributed by atoms with Crippen LogP contribution in [-0.4, -0.2) is 4.98 Å². The minimum Gasteiger partial charge on any atom is -0.308 e. The first-order valence-corrected chi connectivity index (χ1v) is 17.0. The minimum absolute atomic E-state index is 0.998. The largest absolute Gasteiger partial charge is 0.308 e. The second kappa shape index (κ2) is 12.0. The van der Waals surface area contributed by atoms with Crippen molar-refractivity contribution in [2.45, 2.75) is 0 Å². The van der Waals surface area contributed by atoms with Gasteiger partial charge in [0.2, 0.25) is 0 Å². The van der Waals surface area contributed by atoms with E-state index in [9.17, 15) is 0 Å². The molecule has 0 atom stereocenters. The van der Waals surface area contributed by atoms with Gasteiger partial charge >= 0.3 is 0 Å². The van der Waals surface area contributed by atoms with Crippen molar-refractivity contribution in [2.75, 3.05) is 4.90 Å². The van der Waals surface area contributed by atoms with Crippen molar-refractivity contribution in [2.24, 2.45) is 0 Å². The molecule has 0 saturated heterocycles. The van der Waals surface area contributed by atoms with Crippen LogP contribution in [0.5, 0.6) is 0 Å². The molecule has 226 valence electrons. The molecular weight excluding hydrogens is 601 g/mol. The van der Waals surface area contributed by atoms with E-state index in [1.165, 1.54) is 43.8 Å². The van der Waals surface area contributed by atoms with E-state index in [0.717, 1.165) is 37.8 Å². The number of aromatic nitrogens is 1. The molecule has 1 heterocycles. The highest BCUT2D eigenvalue weighted by atomic mass is 32.1. The third-order valence-corrected chi connectivity index (χ3v) is 10.2. The predicted octanol–water partition coefficient (Wildman–Crippen LogP) is 13.1. The monoisotopic (exact) mass is 630 g/mol. The molecular formula is C45H30N2S. The quantitative estimate of drug-likeness (QED) is 0.182. The molecule has 48 heavy (non-hydrogen) atoms. The van der Waals surface area contributed by atoms with E-state index in [1.807, 2.05) is 6.07 Å². The van der Waals surface area contributed by atoms with E-state index in [-0.39, 0.29) is 0 Å². The van der Waals surface area contributed by atoms with Gasteiger partial charge in [0.05, 0.1) is 10.4 Å². The number of anilines is 3. The van der Waals surface area contributed by atoms with Crippen LogP contribution < -0.4 is 4.90 Å².